The molecule has 2 aliphatic heterocycles. The number of anilines is 1. The van der Waals surface area contributed by atoms with Gasteiger partial charge in [-0.3, -0.25) is 0 Å². The van der Waals surface area contributed by atoms with E-state index in [4.69, 9.17) is 9.72 Å². The van der Waals surface area contributed by atoms with E-state index >= 15 is 0 Å². The lowest BCUT2D eigenvalue weighted by Crippen LogP contribution is -2.35. The molecule has 0 aliphatic carbocycles. The zero-order valence-corrected chi connectivity index (χ0v) is 14.4. The Kier molecular flexibility index (Phi) is 5.41. The van der Waals surface area contributed by atoms with Crippen molar-refractivity contribution in [1.29, 1.82) is 0 Å². The standard InChI is InChI=1S/C18H23N3OS.CH4/c1-22-16-6-4-15(5-7-16)17-11-19-18(23-17)21-10-9-20-8-2-3-14(12-20)13-21;/h4-7,11,14H,2-3,8-10,12-13H2,1H3;1H4. The topological polar surface area (TPSA) is 28.6 Å². The first kappa shape index (κ1) is 17.2. The third-order valence-corrected chi connectivity index (χ3v) is 6.01. The van der Waals surface area contributed by atoms with Crippen molar-refractivity contribution in [3.63, 3.8) is 0 Å². The average Bonchev–Trinajstić information content (AvgIpc) is 3.04. The molecule has 3 heterocycles. The van der Waals surface area contributed by atoms with Gasteiger partial charge in [0, 0.05) is 32.4 Å². The third-order valence-electron chi connectivity index (χ3n) is 4.91. The highest BCUT2D eigenvalue weighted by Crippen LogP contribution is 2.33. The van der Waals surface area contributed by atoms with Crippen molar-refractivity contribution in [2.45, 2.75) is 20.3 Å². The zero-order valence-electron chi connectivity index (χ0n) is 13.6. The first-order valence-electron chi connectivity index (χ1n) is 8.39. The molecule has 0 radical (unpaired) electrons. The molecule has 0 saturated carbocycles. The Balaban J connectivity index is 0.00000169. The van der Waals surface area contributed by atoms with Gasteiger partial charge in [0.2, 0.25) is 0 Å². The molecule has 1 aromatic carbocycles. The van der Waals surface area contributed by atoms with Crippen LogP contribution in [-0.2, 0) is 0 Å². The monoisotopic (exact) mass is 345 g/mol. The molecule has 2 unspecified atom stereocenters. The molecule has 2 fully saturated rings. The van der Waals surface area contributed by atoms with Crippen LogP contribution in [-0.4, -0.2) is 49.7 Å². The molecule has 1 aromatic heterocycles. The number of ether oxygens (including phenoxy) is 1. The fraction of sp³-hybridized carbons (Fsp3) is 0.526. The number of benzene rings is 1. The highest BCUT2D eigenvalue weighted by molar-refractivity contribution is 7.18. The number of rotatable bonds is 3. The van der Waals surface area contributed by atoms with Crippen LogP contribution in [0.1, 0.15) is 20.3 Å². The van der Waals surface area contributed by atoms with E-state index in [0.717, 1.165) is 24.8 Å². The highest BCUT2D eigenvalue weighted by atomic mass is 32.1. The van der Waals surface area contributed by atoms with Crippen LogP contribution >= 0.6 is 11.3 Å². The summed E-state index contributed by atoms with van der Waals surface area (Å²) in [4.78, 5) is 11.1. The second-order valence-corrected chi connectivity index (χ2v) is 7.50. The van der Waals surface area contributed by atoms with E-state index in [9.17, 15) is 0 Å². The number of hydrogen-bond donors (Lipinski definition) is 0. The number of nitrogens with zero attached hydrogens (tertiary/aromatic N) is 3. The van der Waals surface area contributed by atoms with Crippen LogP contribution in [0.25, 0.3) is 10.4 Å². The first-order valence-corrected chi connectivity index (χ1v) is 9.21. The molecule has 2 aromatic rings. The summed E-state index contributed by atoms with van der Waals surface area (Å²) < 4.78 is 5.23. The number of aromatic nitrogens is 1. The van der Waals surface area contributed by atoms with Crippen LogP contribution in [0, 0.1) is 5.92 Å². The van der Waals surface area contributed by atoms with Gasteiger partial charge >= 0.3 is 0 Å². The van der Waals surface area contributed by atoms with Gasteiger partial charge in [-0.15, -0.1) is 0 Å². The van der Waals surface area contributed by atoms with E-state index in [2.05, 4.69) is 21.9 Å². The first-order chi connectivity index (χ1) is 11.3. The second-order valence-electron chi connectivity index (χ2n) is 6.49. The largest absolute Gasteiger partial charge is 0.497 e. The van der Waals surface area contributed by atoms with Gasteiger partial charge in [-0.05, 0) is 55.1 Å². The van der Waals surface area contributed by atoms with E-state index in [-0.39, 0.29) is 7.43 Å². The zero-order chi connectivity index (χ0) is 15.6. The summed E-state index contributed by atoms with van der Waals surface area (Å²) in [5, 5.41) is 1.17. The normalized spacial score (nSPS) is 23.3. The van der Waals surface area contributed by atoms with Crippen LogP contribution in [0.4, 0.5) is 5.13 Å². The van der Waals surface area contributed by atoms with Crippen molar-refractivity contribution in [2.75, 3.05) is 44.7 Å². The maximum Gasteiger partial charge on any atom is 0.185 e. The second kappa shape index (κ2) is 7.53. The van der Waals surface area contributed by atoms with Crippen molar-refractivity contribution in [3.8, 4) is 16.2 Å². The Bertz CT molecular complexity index is 655. The van der Waals surface area contributed by atoms with Gasteiger partial charge in [-0.1, -0.05) is 18.8 Å². The number of methoxy groups -OCH3 is 1. The summed E-state index contributed by atoms with van der Waals surface area (Å²) >= 11 is 1.80. The smallest absolute Gasteiger partial charge is 0.185 e. The van der Waals surface area contributed by atoms with Crippen LogP contribution in [0.5, 0.6) is 5.75 Å². The Labute approximate surface area is 149 Å². The predicted molar refractivity (Wildman–Crippen MR) is 102 cm³/mol. The predicted octanol–water partition coefficient (Wildman–Crippen LogP) is 3.99. The van der Waals surface area contributed by atoms with E-state index in [1.165, 1.54) is 48.0 Å². The SMILES string of the molecule is C.COc1ccc(-c2cnc(N3CCN4CCCC(C4)C3)s2)cc1. The van der Waals surface area contributed by atoms with Crippen molar-refractivity contribution in [1.82, 2.24) is 9.88 Å². The van der Waals surface area contributed by atoms with Crippen molar-refractivity contribution in [3.05, 3.63) is 30.5 Å². The summed E-state index contributed by atoms with van der Waals surface area (Å²) in [6, 6.07) is 8.24. The van der Waals surface area contributed by atoms with Gasteiger partial charge < -0.3 is 14.5 Å². The molecular formula is C19H27N3OS. The van der Waals surface area contributed by atoms with Crippen molar-refractivity contribution < 1.29 is 4.74 Å². The Morgan fingerprint density at radius 3 is 2.75 bits per heavy atom. The minimum absolute atomic E-state index is 0. The van der Waals surface area contributed by atoms with Gasteiger partial charge in [0.05, 0.1) is 12.0 Å². The van der Waals surface area contributed by atoms with E-state index in [0.29, 0.717) is 0 Å². The van der Waals surface area contributed by atoms with Gasteiger partial charge in [-0.2, -0.15) is 0 Å². The summed E-state index contributed by atoms with van der Waals surface area (Å²) in [6.07, 6.45) is 4.73. The van der Waals surface area contributed by atoms with Crippen LogP contribution in [0.2, 0.25) is 0 Å². The molecule has 0 N–H and O–H groups in total. The molecular weight excluding hydrogens is 318 g/mol. The highest BCUT2D eigenvalue weighted by Gasteiger charge is 2.27. The maximum atomic E-state index is 5.23. The van der Waals surface area contributed by atoms with Gasteiger partial charge in [-0.25, -0.2) is 4.98 Å². The molecule has 2 aliphatic rings. The van der Waals surface area contributed by atoms with Crippen LogP contribution in [0.15, 0.2) is 30.5 Å². The summed E-state index contributed by atoms with van der Waals surface area (Å²) in [7, 11) is 1.70. The van der Waals surface area contributed by atoms with Gasteiger partial charge in [0.1, 0.15) is 5.75 Å². The number of thiazole rings is 1. The van der Waals surface area contributed by atoms with E-state index < -0.39 is 0 Å². The van der Waals surface area contributed by atoms with Crippen molar-refractivity contribution >= 4 is 16.5 Å². The average molecular weight is 346 g/mol. The molecule has 2 saturated heterocycles. The van der Waals surface area contributed by atoms with Crippen LogP contribution in [0.3, 0.4) is 0 Å². The van der Waals surface area contributed by atoms with E-state index in [1.807, 2.05) is 18.3 Å². The molecule has 2 bridgehead atoms. The summed E-state index contributed by atoms with van der Waals surface area (Å²) in [5.41, 5.74) is 1.21. The minimum Gasteiger partial charge on any atom is -0.497 e. The molecule has 0 amide bonds. The third kappa shape index (κ3) is 3.57. The quantitative estimate of drug-likeness (QED) is 0.841. The Morgan fingerprint density at radius 1 is 1.12 bits per heavy atom. The lowest BCUT2D eigenvalue weighted by molar-refractivity contribution is 0.201. The molecule has 5 heteroatoms. The fourth-order valence-corrected chi connectivity index (χ4v) is 4.60. The van der Waals surface area contributed by atoms with Crippen molar-refractivity contribution in [2.24, 2.45) is 5.92 Å². The van der Waals surface area contributed by atoms with Crippen LogP contribution < -0.4 is 9.64 Å². The number of hydrogen-bond acceptors (Lipinski definition) is 5. The minimum atomic E-state index is 0. The molecule has 24 heavy (non-hydrogen) atoms. The van der Waals surface area contributed by atoms with E-state index in [1.54, 1.807) is 18.4 Å². The molecule has 4 nitrogen and oxygen atoms in total. The molecule has 2 atom stereocenters. The maximum absolute atomic E-state index is 5.23. The Morgan fingerprint density at radius 2 is 1.96 bits per heavy atom. The molecule has 4 rings (SSSR count). The number of piperidine rings is 1. The lowest BCUT2D eigenvalue weighted by Gasteiger charge is -2.29. The Hall–Kier alpha value is -1.59. The van der Waals surface area contributed by atoms with Gasteiger partial charge in [0.25, 0.3) is 0 Å². The summed E-state index contributed by atoms with van der Waals surface area (Å²) in [6.45, 7) is 5.98. The summed E-state index contributed by atoms with van der Waals surface area (Å²) in [5.74, 6) is 1.70. The fourth-order valence-electron chi connectivity index (χ4n) is 3.64. The number of fused-ring (bicyclic) bond motifs is 2. The molecule has 0 spiro atoms. The lowest BCUT2D eigenvalue weighted by atomic mass is 9.99. The molecule has 130 valence electrons. The van der Waals surface area contributed by atoms with Gasteiger partial charge in [0.15, 0.2) is 5.13 Å².